The van der Waals surface area contributed by atoms with Gasteiger partial charge >= 0.3 is 5.97 Å². The van der Waals surface area contributed by atoms with Crippen LogP contribution in [0.2, 0.25) is 0 Å². The normalized spacial score (nSPS) is 16.7. The number of amides is 1. The smallest absolute Gasteiger partial charge is 0.326 e. The van der Waals surface area contributed by atoms with E-state index in [2.05, 4.69) is 5.32 Å². The molecule has 0 heterocycles. The van der Waals surface area contributed by atoms with Gasteiger partial charge in [0, 0.05) is 12.3 Å². The highest BCUT2D eigenvalue weighted by atomic mass is 16.4. The molecule has 1 aliphatic rings. The van der Waals surface area contributed by atoms with Crippen LogP contribution in [-0.2, 0) is 16.0 Å². The van der Waals surface area contributed by atoms with Crippen molar-refractivity contribution in [2.75, 3.05) is 0 Å². The molecule has 18 heavy (non-hydrogen) atoms. The molecule has 2 N–H and O–H groups in total. The zero-order valence-electron chi connectivity index (χ0n) is 10.1. The largest absolute Gasteiger partial charge is 0.480 e. The number of nitrogens with one attached hydrogen (secondary N) is 1. The molecule has 1 amide bonds. The molecule has 1 unspecified atom stereocenters. The number of hydrogen-bond donors (Lipinski definition) is 2. The Kier molecular flexibility index (Phi) is 3.97. The van der Waals surface area contributed by atoms with Gasteiger partial charge in [-0.15, -0.1) is 0 Å². The maximum absolute atomic E-state index is 11.8. The Balaban J connectivity index is 1.95. The molecule has 4 heteroatoms. The van der Waals surface area contributed by atoms with Gasteiger partial charge in [-0.25, -0.2) is 4.79 Å². The van der Waals surface area contributed by atoms with Crippen molar-refractivity contribution in [2.24, 2.45) is 5.92 Å². The average Bonchev–Trinajstić information content (AvgIpc) is 2.27. The fraction of sp³-hybridized carbons (Fsp3) is 0.429. The minimum atomic E-state index is -0.980. The van der Waals surface area contributed by atoms with Gasteiger partial charge in [0.2, 0.25) is 5.91 Å². The summed E-state index contributed by atoms with van der Waals surface area (Å²) in [7, 11) is 0. The van der Waals surface area contributed by atoms with Crippen molar-refractivity contribution in [3.63, 3.8) is 0 Å². The standard InChI is InChI=1S/C14H17NO3/c16-13(11-7-4-8-11)15-12(14(17)18)9-10-5-2-1-3-6-10/h1-3,5-6,11-12H,4,7-9H2,(H,15,16)(H,17,18). The number of carboxylic acid groups (broad SMARTS) is 1. The first kappa shape index (κ1) is 12.6. The first-order valence-electron chi connectivity index (χ1n) is 6.24. The molecule has 96 valence electrons. The first-order valence-corrected chi connectivity index (χ1v) is 6.24. The Morgan fingerprint density at radius 2 is 1.94 bits per heavy atom. The summed E-state index contributed by atoms with van der Waals surface area (Å²) in [6, 6.07) is 8.51. The van der Waals surface area contributed by atoms with E-state index in [0.717, 1.165) is 24.8 Å². The lowest BCUT2D eigenvalue weighted by Crippen LogP contribution is -2.46. The molecule has 0 bridgehead atoms. The number of carbonyl (C=O) groups is 2. The Bertz CT molecular complexity index is 426. The summed E-state index contributed by atoms with van der Waals surface area (Å²) in [5.41, 5.74) is 0.916. The van der Waals surface area contributed by atoms with Gasteiger partial charge in [-0.05, 0) is 18.4 Å². The third kappa shape index (κ3) is 3.09. The van der Waals surface area contributed by atoms with Gasteiger partial charge in [-0.1, -0.05) is 36.8 Å². The summed E-state index contributed by atoms with van der Waals surface area (Å²) in [6.07, 6.45) is 3.15. The van der Waals surface area contributed by atoms with E-state index in [9.17, 15) is 9.59 Å². The summed E-state index contributed by atoms with van der Waals surface area (Å²) >= 11 is 0. The van der Waals surface area contributed by atoms with Gasteiger partial charge in [-0.3, -0.25) is 4.79 Å². The molecule has 4 nitrogen and oxygen atoms in total. The van der Waals surface area contributed by atoms with Gasteiger partial charge in [0.05, 0.1) is 0 Å². The molecule has 0 aromatic heterocycles. The fourth-order valence-corrected chi connectivity index (χ4v) is 2.01. The molecule has 0 aliphatic heterocycles. The van der Waals surface area contributed by atoms with E-state index < -0.39 is 12.0 Å². The van der Waals surface area contributed by atoms with Gasteiger partial charge in [0.15, 0.2) is 0 Å². The average molecular weight is 247 g/mol. The highest BCUT2D eigenvalue weighted by Crippen LogP contribution is 2.26. The molecule has 0 saturated heterocycles. The molecule has 2 rings (SSSR count). The quantitative estimate of drug-likeness (QED) is 0.830. The van der Waals surface area contributed by atoms with Crippen molar-refractivity contribution in [1.82, 2.24) is 5.32 Å². The van der Waals surface area contributed by atoms with E-state index in [4.69, 9.17) is 5.11 Å². The van der Waals surface area contributed by atoms with Gasteiger partial charge in [0.25, 0.3) is 0 Å². The summed E-state index contributed by atoms with van der Waals surface area (Å²) in [5, 5.41) is 11.8. The SMILES string of the molecule is O=C(NC(Cc1ccccc1)C(=O)O)C1CCC1. The molecule has 1 saturated carbocycles. The van der Waals surface area contributed by atoms with Crippen molar-refractivity contribution in [3.05, 3.63) is 35.9 Å². The minimum Gasteiger partial charge on any atom is -0.480 e. The second kappa shape index (κ2) is 5.67. The van der Waals surface area contributed by atoms with Crippen LogP contribution in [0.25, 0.3) is 0 Å². The number of benzene rings is 1. The van der Waals surface area contributed by atoms with Crippen molar-refractivity contribution >= 4 is 11.9 Å². The second-order valence-corrected chi connectivity index (χ2v) is 4.72. The van der Waals surface area contributed by atoms with Crippen molar-refractivity contribution < 1.29 is 14.7 Å². The molecule has 1 aliphatic carbocycles. The van der Waals surface area contributed by atoms with Gasteiger partial charge in [0.1, 0.15) is 6.04 Å². The van der Waals surface area contributed by atoms with E-state index in [0.29, 0.717) is 6.42 Å². The lowest BCUT2D eigenvalue weighted by molar-refractivity contribution is -0.143. The van der Waals surface area contributed by atoms with Crippen LogP contribution < -0.4 is 5.32 Å². The third-order valence-electron chi connectivity index (χ3n) is 3.37. The van der Waals surface area contributed by atoms with Crippen LogP contribution >= 0.6 is 0 Å². The number of rotatable bonds is 5. The summed E-state index contributed by atoms with van der Waals surface area (Å²) < 4.78 is 0. The maximum atomic E-state index is 11.8. The lowest BCUT2D eigenvalue weighted by atomic mass is 9.84. The predicted molar refractivity (Wildman–Crippen MR) is 67.1 cm³/mol. The molecular weight excluding hydrogens is 230 g/mol. The molecule has 0 radical (unpaired) electrons. The van der Waals surface area contributed by atoms with Crippen LogP contribution in [0.4, 0.5) is 0 Å². The highest BCUT2D eigenvalue weighted by Gasteiger charge is 2.29. The lowest BCUT2D eigenvalue weighted by Gasteiger charge is -2.26. The molecular formula is C14H17NO3. The van der Waals surface area contributed by atoms with Gasteiger partial charge < -0.3 is 10.4 Å². The monoisotopic (exact) mass is 247 g/mol. The van der Waals surface area contributed by atoms with Crippen LogP contribution in [0.3, 0.4) is 0 Å². The maximum Gasteiger partial charge on any atom is 0.326 e. The minimum absolute atomic E-state index is 0.0163. The molecule has 1 aromatic rings. The molecule has 1 aromatic carbocycles. The second-order valence-electron chi connectivity index (χ2n) is 4.72. The topological polar surface area (TPSA) is 66.4 Å². The van der Waals surface area contributed by atoms with E-state index >= 15 is 0 Å². The predicted octanol–water partition coefficient (Wildman–Crippen LogP) is 1.60. The van der Waals surface area contributed by atoms with Crippen LogP contribution in [0, 0.1) is 5.92 Å². The Labute approximate surface area is 106 Å². The zero-order valence-corrected chi connectivity index (χ0v) is 10.1. The number of aliphatic carboxylic acids is 1. The summed E-state index contributed by atoms with van der Waals surface area (Å²) in [4.78, 5) is 22.9. The van der Waals surface area contributed by atoms with Crippen LogP contribution in [0.15, 0.2) is 30.3 Å². The number of carboxylic acids is 1. The van der Waals surface area contributed by atoms with E-state index in [1.165, 1.54) is 0 Å². The van der Waals surface area contributed by atoms with E-state index in [1.807, 2.05) is 30.3 Å². The Hall–Kier alpha value is -1.84. The van der Waals surface area contributed by atoms with Gasteiger partial charge in [-0.2, -0.15) is 0 Å². The fourth-order valence-electron chi connectivity index (χ4n) is 2.01. The first-order chi connectivity index (χ1) is 8.66. The zero-order chi connectivity index (χ0) is 13.0. The van der Waals surface area contributed by atoms with Crippen molar-refractivity contribution in [3.8, 4) is 0 Å². The van der Waals surface area contributed by atoms with E-state index in [1.54, 1.807) is 0 Å². The van der Waals surface area contributed by atoms with Crippen LogP contribution in [0.1, 0.15) is 24.8 Å². The number of carbonyl (C=O) groups excluding carboxylic acids is 1. The van der Waals surface area contributed by atoms with Crippen molar-refractivity contribution in [1.29, 1.82) is 0 Å². The Morgan fingerprint density at radius 3 is 2.44 bits per heavy atom. The molecule has 1 fully saturated rings. The number of hydrogen-bond acceptors (Lipinski definition) is 2. The molecule has 0 spiro atoms. The third-order valence-corrected chi connectivity index (χ3v) is 3.37. The van der Waals surface area contributed by atoms with E-state index in [-0.39, 0.29) is 11.8 Å². The highest BCUT2D eigenvalue weighted by molar-refractivity contribution is 5.85. The summed E-state index contributed by atoms with van der Waals surface area (Å²) in [6.45, 7) is 0. The van der Waals surface area contributed by atoms with Crippen LogP contribution in [0.5, 0.6) is 0 Å². The molecule has 1 atom stereocenters. The van der Waals surface area contributed by atoms with Crippen LogP contribution in [-0.4, -0.2) is 23.0 Å². The summed E-state index contributed by atoms with van der Waals surface area (Å²) in [5.74, 6) is -1.08. The Morgan fingerprint density at radius 1 is 1.28 bits per heavy atom. The van der Waals surface area contributed by atoms with Crippen molar-refractivity contribution in [2.45, 2.75) is 31.7 Å².